The van der Waals surface area contributed by atoms with Crippen LogP contribution in [0.1, 0.15) is 22.3 Å². The second-order valence-corrected chi connectivity index (χ2v) is 8.16. The number of hydrogen-bond donors (Lipinski definition) is 1. The molecule has 2 aromatic carbocycles. The number of carbonyl (C=O) groups is 1. The summed E-state index contributed by atoms with van der Waals surface area (Å²) >= 11 is 0. The van der Waals surface area contributed by atoms with Crippen LogP contribution in [0.4, 0.5) is 0 Å². The average Bonchev–Trinajstić information content (AvgIpc) is 3.34. The Morgan fingerprint density at radius 3 is 2.82 bits per heavy atom. The van der Waals surface area contributed by atoms with Gasteiger partial charge in [0, 0.05) is 35.2 Å². The lowest BCUT2D eigenvalue weighted by Gasteiger charge is -2.47. The van der Waals surface area contributed by atoms with Gasteiger partial charge in [-0.3, -0.25) is 9.69 Å². The van der Waals surface area contributed by atoms with E-state index in [1.165, 1.54) is 5.56 Å². The maximum atomic E-state index is 13.0. The molecule has 5 heteroatoms. The molecule has 1 spiro atoms. The average molecular weight is 375 g/mol. The molecule has 2 aliphatic rings. The van der Waals surface area contributed by atoms with Crippen LogP contribution in [0.2, 0.25) is 0 Å². The lowest BCUT2D eigenvalue weighted by molar-refractivity contribution is -0.0950. The molecule has 144 valence electrons. The van der Waals surface area contributed by atoms with Gasteiger partial charge in [-0.2, -0.15) is 0 Å². The van der Waals surface area contributed by atoms with Gasteiger partial charge in [-0.1, -0.05) is 36.4 Å². The predicted octanol–water partition coefficient (Wildman–Crippen LogP) is 3.28. The van der Waals surface area contributed by atoms with Crippen molar-refractivity contribution in [1.82, 2.24) is 14.8 Å². The smallest absolute Gasteiger partial charge is 0.254 e. The summed E-state index contributed by atoms with van der Waals surface area (Å²) in [6.45, 7) is 3.02. The molecule has 1 aromatic heterocycles. The molecule has 0 aliphatic carbocycles. The zero-order valence-electron chi connectivity index (χ0n) is 16.1. The molecule has 5 nitrogen and oxygen atoms in total. The number of rotatable bonds is 4. The number of amides is 1. The maximum Gasteiger partial charge on any atom is 0.254 e. The van der Waals surface area contributed by atoms with Crippen LogP contribution in [-0.4, -0.2) is 59.1 Å². The van der Waals surface area contributed by atoms with Crippen LogP contribution in [0.25, 0.3) is 10.9 Å². The highest BCUT2D eigenvalue weighted by atomic mass is 16.5. The molecule has 2 saturated heterocycles. The Labute approximate surface area is 164 Å². The van der Waals surface area contributed by atoms with E-state index in [-0.39, 0.29) is 11.5 Å². The van der Waals surface area contributed by atoms with Gasteiger partial charge < -0.3 is 14.6 Å². The van der Waals surface area contributed by atoms with Gasteiger partial charge in [0.1, 0.15) is 5.60 Å². The molecule has 1 N–H and O–H groups in total. The molecular weight excluding hydrogens is 350 g/mol. The normalized spacial score (nSPS) is 20.8. The third-order valence-electron chi connectivity index (χ3n) is 6.16. The Morgan fingerprint density at radius 2 is 2.00 bits per heavy atom. The zero-order chi connectivity index (χ0) is 19.1. The van der Waals surface area contributed by atoms with Crippen molar-refractivity contribution in [3.63, 3.8) is 0 Å². The molecular formula is C23H25N3O2. The van der Waals surface area contributed by atoms with E-state index in [4.69, 9.17) is 4.74 Å². The van der Waals surface area contributed by atoms with Gasteiger partial charge >= 0.3 is 0 Å². The van der Waals surface area contributed by atoms with Crippen LogP contribution in [-0.2, 0) is 11.3 Å². The first-order chi connectivity index (χ1) is 13.6. The summed E-state index contributed by atoms with van der Waals surface area (Å²) in [7, 11) is 2.16. The van der Waals surface area contributed by atoms with E-state index in [2.05, 4.69) is 41.2 Å². The minimum atomic E-state index is -0.169. The standard InChI is InChI=1S/C23H25N3O2/c1-25(13-17-6-3-2-4-7-17)18-12-23(28-14-18)15-26(16-23)22(27)20-8-5-9-21-19(20)10-11-24-21/h2-11,18,24H,12-16H2,1H3. The molecule has 0 radical (unpaired) electrons. The number of benzene rings is 2. The minimum absolute atomic E-state index is 0.0977. The number of H-pyrrole nitrogens is 1. The van der Waals surface area contributed by atoms with E-state index >= 15 is 0 Å². The molecule has 0 saturated carbocycles. The fourth-order valence-electron chi connectivity index (χ4n) is 4.56. The number of ether oxygens (including phenoxy) is 1. The quantitative estimate of drug-likeness (QED) is 0.761. The molecule has 2 aliphatic heterocycles. The Bertz CT molecular complexity index is 991. The third-order valence-corrected chi connectivity index (χ3v) is 6.16. The number of hydrogen-bond acceptors (Lipinski definition) is 3. The van der Waals surface area contributed by atoms with Crippen LogP contribution >= 0.6 is 0 Å². The van der Waals surface area contributed by atoms with Crippen LogP contribution in [0.3, 0.4) is 0 Å². The zero-order valence-corrected chi connectivity index (χ0v) is 16.1. The van der Waals surface area contributed by atoms with Gasteiger partial charge in [-0.15, -0.1) is 0 Å². The lowest BCUT2D eigenvalue weighted by atomic mass is 9.88. The van der Waals surface area contributed by atoms with Crippen LogP contribution in [0.15, 0.2) is 60.8 Å². The minimum Gasteiger partial charge on any atom is -0.370 e. The molecule has 1 unspecified atom stereocenters. The molecule has 0 bridgehead atoms. The Hall–Kier alpha value is -2.63. The summed E-state index contributed by atoms with van der Waals surface area (Å²) in [6.07, 6.45) is 2.86. The largest absolute Gasteiger partial charge is 0.370 e. The Kier molecular flexibility index (Phi) is 4.22. The van der Waals surface area contributed by atoms with Gasteiger partial charge in [0.05, 0.1) is 19.7 Å². The van der Waals surface area contributed by atoms with Gasteiger partial charge in [-0.25, -0.2) is 0 Å². The number of nitrogens with one attached hydrogen (secondary N) is 1. The Morgan fingerprint density at radius 1 is 1.18 bits per heavy atom. The molecule has 28 heavy (non-hydrogen) atoms. The fraction of sp³-hybridized carbons (Fsp3) is 0.348. The van der Waals surface area contributed by atoms with Gasteiger partial charge in [0.2, 0.25) is 0 Å². The first-order valence-electron chi connectivity index (χ1n) is 9.87. The highest BCUT2D eigenvalue weighted by molar-refractivity contribution is 6.06. The van der Waals surface area contributed by atoms with Crippen molar-refractivity contribution in [1.29, 1.82) is 0 Å². The van der Waals surface area contributed by atoms with Crippen LogP contribution in [0.5, 0.6) is 0 Å². The van der Waals surface area contributed by atoms with E-state index in [9.17, 15) is 4.79 Å². The number of carbonyl (C=O) groups excluding carboxylic acids is 1. The molecule has 1 amide bonds. The topological polar surface area (TPSA) is 48.6 Å². The first kappa shape index (κ1) is 17.5. The second-order valence-electron chi connectivity index (χ2n) is 8.16. The highest BCUT2D eigenvalue weighted by Gasteiger charge is 2.52. The number of aromatic amines is 1. The summed E-state index contributed by atoms with van der Waals surface area (Å²) in [4.78, 5) is 20.4. The van der Waals surface area contributed by atoms with Crippen molar-refractivity contribution in [2.24, 2.45) is 0 Å². The Balaban J connectivity index is 1.22. The number of likely N-dealkylation sites (N-methyl/N-ethyl adjacent to an activating group) is 1. The summed E-state index contributed by atoms with van der Waals surface area (Å²) in [5.41, 5.74) is 2.92. The van der Waals surface area contributed by atoms with E-state index in [1.807, 2.05) is 41.4 Å². The van der Waals surface area contributed by atoms with E-state index in [0.717, 1.165) is 36.0 Å². The summed E-state index contributed by atoms with van der Waals surface area (Å²) in [6, 6.07) is 18.7. The number of nitrogens with zero attached hydrogens (tertiary/aromatic N) is 2. The van der Waals surface area contributed by atoms with Crippen LogP contribution < -0.4 is 0 Å². The monoisotopic (exact) mass is 375 g/mol. The van der Waals surface area contributed by atoms with Crippen molar-refractivity contribution in [2.75, 3.05) is 26.7 Å². The summed E-state index contributed by atoms with van der Waals surface area (Å²) in [5.74, 6) is 0.0977. The lowest BCUT2D eigenvalue weighted by Crippen LogP contribution is -2.63. The number of likely N-dealkylation sites (tertiary alicyclic amines) is 1. The van der Waals surface area contributed by atoms with Gasteiger partial charge in [0.25, 0.3) is 5.91 Å². The number of aromatic nitrogens is 1. The van der Waals surface area contributed by atoms with E-state index < -0.39 is 0 Å². The molecule has 2 fully saturated rings. The SMILES string of the molecule is CN(Cc1ccccc1)C1COC2(C1)CN(C(=O)c1cccc3[nH]ccc13)C2. The second kappa shape index (κ2) is 6.76. The number of fused-ring (bicyclic) bond motifs is 1. The maximum absolute atomic E-state index is 13.0. The highest BCUT2D eigenvalue weighted by Crippen LogP contribution is 2.38. The van der Waals surface area contributed by atoms with Crippen molar-refractivity contribution in [3.05, 3.63) is 71.9 Å². The van der Waals surface area contributed by atoms with Crippen molar-refractivity contribution >= 4 is 16.8 Å². The third kappa shape index (κ3) is 3.01. The summed E-state index contributed by atoms with van der Waals surface area (Å²) < 4.78 is 6.19. The van der Waals surface area contributed by atoms with Gasteiger partial charge in [0.15, 0.2) is 0 Å². The predicted molar refractivity (Wildman–Crippen MR) is 109 cm³/mol. The van der Waals surface area contributed by atoms with Crippen molar-refractivity contribution < 1.29 is 9.53 Å². The molecule has 5 rings (SSSR count). The first-order valence-corrected chi connectivity index (χ1v) is 9.87. The summed E-state index contributed by atoms with van der Waals surface area (Å²) in [5, 5.41) is 0.987. The fourth-order valence-corrected chi connectivity index (χ4v) is 4.56. The van der Waals surface area contributed by atoms with Crippen molar-refractivity contribution in [3.8, 4) is 0 Å². The van der Waals surface area contributed by atoms with Crippen LogP contribution in [0, 0.1) is 0 Å². The van der Waals surface area contributed by atoms with E-state index in [1.54, 1.807) is 0 Å². The van der Waals surface area contributed by atoms with E-state index in [0.29, 0.717) is 19.1 Å². The van der Waals surface area contributed by atoms with Gasteiger partial charge in [-0.05, 0) is 37.2 Å². The van der Waals surface area contributed by atoms with Crippen molar-refractivity contribution in [2.45, 2.75) is 24.6 Å². The molecule has 3 aromatic rings. The molecule has 1 atom stereocenters. The molecule has 3 heterocycles.